The summed E-state index contributed by atoms with van der Waals surface area (Å²) in [6, 6.07) is 45.4. The van der Waals surface area contributed by atoms with Crippen molar-refractivity contribution in [2.24, 2.45) is 0 Å². The van der Waals surface area contributed by atoms with Crippen molar-refractivity contribution in [2.75, 3.05) is 0 Å². The quantitative estimate of drug-likeness (QED) is 0.146. The van der Waals surface area contributed by atoms with Crippen LogP contribution in [0.1, 0.15) is 11.1 Å². The SMILES string of the molecule is Cc1cccc(C)c1[N-][Si](c1ccccc1)(c1ccccc1)c1cccc(-c2[c-]cccc2)n1.[CH3-].[CH3-].[Hf+4]. The van der Waals surface area contributed by atoms with Gasteiger partial charge in [-0.15, -0.1) is 41.6 Å². The molecule has 182 valence electrons. The fourth-order valence-corrected chi connectivity index (χ4v) is 8.45. The van der Waals surface area contributed by atoms with Crippen molar-refractivity contribution >= 4 is 29.6 Å². The van der Waals surface area contributed by atoms with Gasteiger partial charge in [-0.25, -0.2) is 0 Å². The summed E-state index contributed by atoms with van der Waals surface area (Å²) in [6.07, 6.45) is 0. The van der Waals surface area contributed by atoms with Gasteiger partial charge >= 0.3 is 25.8 Å². The predicted octanol–water partition coefficient (Wildman–Crippen LogP) is 6.74. The Morgan fingerprint density at radius 1 is 0.622 bits per heavy atom. The minimum atomic E-state index is -2.89. The third kappa shape index (κ3) is 6.08. The van der Waals surface area contributed by atoms with Crippen LogP contribution >= 0.6 is 0 Å². The molecule has 1 aromatic heterocycles. The van der Waals surface area contributed by atoms with E-state index in [1.54, 1.807) is 0 Å². The van der Waals surface area contributed by atoms with Gasteiger partial charge in [-0.3, -0.25) is 0 Å². The Hall–Kier alpha value is -3.08. The third-order valence-corrected chi connectivity index (χ3v) is 10.1. The summed E-state index contributed by atoms with van der Waals surface area (Å²) in [6.45, 7) is 4.29. The average Bonchev–Trinajstić information content (AvgIpc) is 2.90. The van der Waals surface area contributed by atoms with E-state index in [1.807, 2.05) is 18.2 Å². The van der Waals surface area contributed by atoms with Gasteiger partial charge in [0.15, 0.2) is 0 Å². The van der Waals surface area contributed by atoms with Gasteiger partial charge in [0.25, 0.3) is 0 Å². The molecule has 0 saturated carbocycles. The standard InChI is InChI=1S/C31H26N2Si.2CH3.Hf/c1-24-14-12-15-25(2)31(24)33-34(27-18-8-4-9-19-27,28-20-10-5-11-21-28)30-23-13-22-29(32-30)26-16-6-3-7-17-26;;;/h3-16,18-23H,1-2H3;2*1H3;/q-2;2*-1;+4. The second-order valence-electron chi connectivity index (χ2n) is 8.48. The van der Waals surface area contributed by atoms with Crippen LogP contribution in [0.15, 0.2) is 121 Å². The van der Waals surface area contributed by atoms with Crippen LogP contribution in [0.25, 0.3) is 16.2 Å². The zero-order chi connectivity index (χ0) is 23.4. The van der Waals surface area contributed by atoms with E-state index in [0.29, 0.717) is 0 Å². The summed E-state index contributed by atoms with van der Waals surface area (Å²) < 4.78 is 0. The van der Waals surface area contributed by atoms with Crippen LogP contribution in [-0.4, -0.2) is 13.2 Å². The number of pyridine rings is 1. The molecule has 0 bridgehead atoms. The summed E-state index contributed by atoms with van der Waals surface area (Å²) in [5.41, 5.74) is 5.31. The molecular formula is C33H32HfN2Si. The Labute approximate surface area is 242 Å². The van der Waals surface area contributed by atoms with Crippen LogP contribution < -0.4 is 15.7 Å². The second kappa shape index (κ2) is 13.5. The maximum Gasteiger partial charge on any atom is 4.00 e. The van der Waals surface area contributed by atoms with Crippen LogP contribution in [-0.2, 0) is 25.8 Å². The Morgan fingerprint density at radius 3 is 1.70 bits per heavy atom. The summed E-state index contributed by atoms with van der Waals surface area (Å²) >= 11 is 0. The molecule has 5 aromatic rings. The van der Waals surface area contributed by atoms with Gasteiger partial charge in [-0.2, -0.15) is 0 Å². The predicted molar refractivity (Wildman–Crippen MR) is 158 cm³/mol. The van der Waals surface area contributed by atoms with Gasteiger partial charge < -0.3 is 24.8 Å². The zero-order valence-electron chi connectivity index (χ0n) is 21.9. The summed E-state index contributed by atoms with van der Waals surface area (Å²) in [7, 11) is -2.89. The van der Waals surface area contributed by atoms with Gasteiger partial charge in [-0.1, -0.05) is 112 Å². The molecule has 0 unspecified atom stereocenters. The molecule has 37 heavy (non-hydrogen) atoms. The number of nitrogens with zero attached hydrogens (tertiary/aromatic N) is 2. The first-order chi connectivity index (χ1) is 16.7. The number of hydrogen-bond donors (Lipinski definition) is 0. The van der Waals surface area contributed by atoms with Crippen LogP contribution in [0.4, 0.5) is 5.69 Å². The molecule has 0 radical (unpaired) electrons. The molecule has 0 aliphatic rings. The van der Waals surface area contributed by atoms with Crippen molar-refractivity contribution in [3.63, 3.8) is 0 Å². The van der Waals surface area contributed by atoms with E-state index in [1.165, 1.54) is 21.5 Å². The van der Waals surface area contributed by atoms with Crippen LogP contribution in [0.5, 0.6) is 0 Å². The number of benzene rings is 4. The number of aromatic nitrogens is 1. The van der Waals surface area contributed by atoms with Crippen molar-refractivity contribution in [1.29, 1.82) is 0 Å². The van der Waals surface area contributed by atoms with Crippen LogP contribution in [0, 0.1) is 34.8 Å². The first kappa shape index (κ1) is 30.1. The molecule has 4 heteroatoms. The maximum absolute atomic E-state index is 5.70. The summed E-state index contributed by atoms with van der Waals surface area (Å²) in [5.74, 6) is 0. The number of aryl methyl sites for hydroxylation is 2. The van der Waals surface area contributed by atoms with E-state index in [9.17, 15) is 0 Å². The molecule has 0 atom stereocenters. The molecule has 5 rings (SSSR count). The van der Waals surface area contributed by atoms with Gasteiger partial charge in [-0.05, 0) is 25.6 Å². The normalized spacial score (nSPS) is 10.3. The molecule has 4 aromatic carbocycles. The largest absolute Gasteiger partial charge is 4.00 e. The molecule has 0 fully saturated rings. The van der Waals surface area contributed by atoms with E-state index in [2.05, 4.69) is 123 Å². The molecule has 0 saturated heterocycles. The number of rotatable bonds is 6. The smallest absolute Gasteiger partial charge is 0.674 e. The first-order valence-electron chi connectivity index (χ1n) is 11.5. The zero-order valence-corrected chi connectivity index (χ0v) is 26.5. The molecule has 0 aliphatic heterocycles. The Morgan fingerprint density at radius 2 is 1.16 bits per heavy atom. The van der Waals surface area contributed by atoms with Gasteiger partial charge in [0, 0.05) is 5.32 Å². The van der Waals surface area contributed by atoms with E-state index in [-0.39, 0.29) is 40.7 Å². The Bertz CT molecular complexity index is 1330. The van der Waals surface area contributed by atoms with Crippen LogP contribution in [0.3, 0.4) is 0 Å². The maximum atomic E-state index is 5.70. The fraction of sp³-hybridized carbons (Fsp3) is 0.0606. The fourth-order valence-electron chi connectivity index (χ4n) is 4.50. The molecule has 2 nitrogen and oxygen atoms in total. The number of hydrogen-bond acceptors (Lipinski definition) is 1. The molecule has 1 heterocycles. The monoisotopic (exact) mass is 664 g/mol. The third-order valence-electron chi connectivity index (χ3n) is 6.21. The first-order valence-corrected chi connectivity index (χ1v) is 13.5. The summed E-state index contributed by atoms with van der Waals surface area (Å²) in [5, 5.41) is 3.44. The van der Waals surface area contributed by atoms with Gasteiger partial charge in [0.2, 0.25) is 0 Å². The Kier molecular flexibility index (Phi) is 11.0. The van der Waals surface area contributed by atoms with E-state index in [4.69, 9.17) is 9.97 Å². The molecular weight excluding hydrogens is 631 g/mol. The second-order valence-corrected chi connectivity index (χ2v) is 11.8. The van der Waals surface area contributed by atoms with E-state index >= 15 is 0 Å². The molecule has 0 aliphatic carbocycles. The van der Waals surface area contributed by atoms with Crippen molar-refractivity contribution in [1.82, 2.24) is 4.98 Å². The minimum Gasteiger partial charge on any atom is -0.674 e. The molecule has 0 spiro atoms. The van der Waals surface area contributed by atoms with Crippen LogP contribution in [0.2, 0.25) is 0 Å². The Balaban J connectivity index is 0.00000160. The van der Waals surface area contributed by atoms with E-state index in [0.717, 1.165) is 22.3 Å². The average molecular weight is 663 g/mol. The van der Waals surface area contributed by atoms with Crippen molar-refractivity contribution in [2.45, 2.75) is 13.8 Å². The topological polar surface area (TPSA) is 27.0 Å². The van der Waals surface area contributed by atoms with Crippen molar-refractivity contribution in [3.8, 4) is 11.3 Å². The van der Waals surface area contributed by atoms with E-state index < -0.39 is 8.24 Å². The van der Waals surface area contributed by atoms with Crippen molar-refractivity contribution in [3.05, 3.63) is 158 Å². The van der Waals surface area contributed by atoms with Gasteiger partial charge in [0.1, 0.15) is 0 Å². The minimum absolute atomic E-state index is 0. The molecule has 0 amide bonds. The molecule has 0 N–H and O–H groups in total. The van der Waals surface area contributed by atoms with Crippen molar-refractivity contribution < 1.29 is 25.8 Å². The summed E-state index contributed by atoms with van der Waals surface area (Å²) in [4.78, 5) is 11.0. The van der Waals surface area contributed by atoms with Gasteiger partial charge in [0.05, 0.1) is 8.24 Å².